The smallest absolute Gasteiger partial charge is 0.326 e. The number of sulfone groups is 1. The van der Waals surface area contributed by atoms with E-state index in [4.69, 9.17) is 14.2 Å². The molecule has 156 valence electrons. The molecule has 10 heteroatoms. The van der Waals surface area contributed by atoms with Crippen molar-refractivity contribution in [2.45, 2.75) is 19.4 Å². The van der Waals surface area contributed by atoms with E-state index in [0.29, 0.717) is 22.8 Å². The van der Waals surface area contributed by atoms with Crippen molar-refractivity contribution in [3.05, 3.63) is 23.8 Å². The third-order valence-electron chi connectivity index (χ3n) is 3.89. The van der Waals surface area contributed by atoms with Gasteiger partial charge in [0, 0.05) is 11.8 Å². The van der Waals surface area contributed by atoms with Crippen LogP contribution in [0.3, 0.4) is 0 Å². The number of nitrogens with one attached hydrogen (secondary N) is 1. The van der Waals surface area contributed by atoms with Crippen LogP contribution in [0.15, 0.2) is 18.2 Å². The van der Waals surface area contributed by atoms with E-state index in [1.165, 1.54) is 34.3 Å². The van der Waals surface area contributed by atoms with E-state index in [1.54, 1.807) is 12.1 Å². The lowest BCUT2D eigenvalue weighted by Gasteiger charge is -2.13. The number of hydrogen-bond acceptors (Lipinski definition) is 7. The second kappa shape index (κ2) is 10.5. The summed E-state index contributed by atoms with van der Waals surface area (Å²) in [6.45, 7) is 1.48. The Morgan fingerprint density at radius 3 is 2.14 bits per heavy atom. The number of carboxylic acid groups (broad SMARTS) is 1. The average molecular weight is 415 g/mol. The quantitative estimate of drug-likeness (QED) is 0.515. The highest BCUT2D eigenvalue weighted by molar-refractivity contribution is 7.91. The maximum atomic E-state index is 12.1. The molecule has 28 heavy (non-hydrogen) atoms. The number of ether oxygens (including phenoxy) is 3. The summed E-state index contributed by atoms with van der Waals surface area (Å²) in [5, 5.41) is 11.5. The van der Waals surface area contributed by atoms with Crippen molar-refractivity contribution in [1.29, 1.82) is 0 Å². The Morgan fingerprint density at radius 2 is 1.71 bits per heavy atom. The van der Waals surface area contributed by atoms with Crippen LogP contribution in [0.5, 0.6) is 17.2 Å². The number of rotatable bonds is 11. The monoisotopic (exact) mass is 415 g/mol. The van der Waals surface area contributed by atoms with Crippen molar-refractivity contribution in [3.8, 4) is 17.2 Å². The molecule has 0 spiro atoms. The van der Waals surface area contributed by atoms with E-state index in [-0.39, 0.29) is 17.9 Å². The molecule has 0 saturated heterocycles. The van der Waals surface area contributed by atoms with Gasteiger partial charge in [0.05, 0.1) is 27.1 Å². The van der Waals surface area contributed by atoms with Gasteiger partial charge in [-0.3, -0.25) is 4.79 Å². The standard InChI is InChI=1S/C18H25NO8S/c1-5-28(23,24)9-8-13(18(21)22)19-16(20)7-6-12-10-14(25-2)17(27-4)15(11-12)26-3/h6-7,10-11,13H,5,8-9H2,1-4H3,(H,19,20)(H,21,22)/b7-6+. The van der Waals surface area contributed by atoms with Crippen molar-refractivity contribution in [2.75, 3.05) is 32.8 Å². The summed E-state index contributed by atoms with van der Waals surface area (Å²) in [6, 6.07) is 1.93. The van der Waals surface area contributed by atoms with Crippen molar-refractivity contribution in [2.24, 2.45) is 0 Å². The second-order valence-electron chi connectivity index (χ2n) is 5.72. The fraction of sp³-hybridized carbons (Fsp3) is 0.444. The molecule has 0 saturated carbocycles. The zero-order chi connectivity index (χ0) is 21.3. The van der Waals surface area contributed by atoms with Gasteiger partial charge >= 0.3 is 5.97 Å². The average Bonchev–Trinajstić information content (AvgIpc) is 2.68. The SMILES string of the molecule is CCS(=O)(=O)CCC(NC(=O)/C=C/c1cc(OC)c(OC)c(OC)c1)C(=O)O. The molecule has 9 nitrogen and oxygen atoms in total. The van der Waals surface area contributed by atoms with E-state index in [1.807, 2.05) is 0 Å². The summed E-state index contributed by atoms with van der Waals surface area (Å²) in [7, 11) is 1.05. The van der Waals surface area contributed by atoms with Gasteiger partial charge in [0.15, 0.2) is 11.5 Å². The Labute approximate surface area is 164 Å². The minimum absolute atomic E-state index is 0.0890. The van der Waals surface area contributed by atoms with Gasteiger partial charge in [0.2, 0.25) is 11.7 Å². The first-order valence-electron chi connectivity index (χ1n) is 8.39. The molecule has 0 bridgehead atoms. The Balaban J connectivity index is 2.90. The predicted octanol–water partition coefficient (Wildman–Crippen LogP) is 1.12. The number of carbonyl (C=O) groups excluding carboxylic acids is 1. The third kappa shape index (κ3) is 6.76. The van der Waals surface area contributed by atoms with Crippen LogP contribution in [-0.4, -0.2) is 64.3 Å². The van der Waals surface area contributed by atoms with Crippen LogP contribution in [-0.2, 0) is 19.4 Å². The molecule has 0 aliphatic heterocycles. The third-order valence-corrected chi connectivity index (χ3v) is 5.62. The van der Waals surface area contributed by atoms with Crippen LogP contribution < -0.4 is 19.5 Å². The van der Waals surface area contributed by atoms with Crippen molar-refractivity contribution < 1.29 is 37.3 Å². The number of carboxylic acids is 1. The molecule has 1 aromatic rings. The van der Waals surface area contributed by atoms with Crippen LogP contribution in [0.2, 0.25) is 0 Å². The maximum absolute atomic E-state index is 12.1. The van der Waals surface area contributed by atoms with Gasteiger partial charge in [-0.1, -0.05) is 6.92 Å². The van der Waals surface area contributed by atoms with E-state index in [2.05, 4.69) is 5.32 Å². The van der Waals surface area contributed by atoms with Crippen molar-refractivity contribution >= 4 is 27.8 Å². The Kier molecular flexibility index (Phi) is 8.77. The van der Waals surface area contributed by atoms with Gasteiger partial charge < -0.3 is 24.6 Å². The van der Waals surface area contributed by atoms with Crippen molar-refractivity contribution in [3.63, 3.8) is 0 Å². The van der Waals surface area contributed by atoms with E-state index >= 15 is 0 Å². The second-order valence-corrected chi connectivity index (χ2v) is 8.19. The number of benzene rings is 1. The molecule has 0 fully saturated rings. The highest BCUT2D eigenvalue weighted by Crippen LogP contribution is 2.38. The summed E-state index contributed by atoms with van der Waals surface area (Å²) in [5.41, 5.74) is 0.560. The van der Waals surface area contributed by atoms with Crippen LogP contribution >= 0.6 is 0 Å². The van der Waals surface area contributed by atoms with Crippen LogP contribution in [0, 0.1) is 0 Å². The summed E-state index contributed by atoms with van der Waals surface area (Å²) in [6.07, 6.45) is 2.38. The Bertz CT molecular complexity index is 807. The zero-order valence-corrected chi connectivity index (χ0v) is 17.0. The lowest BCUT2D eigenvalue weighted by Crippen LogP contribution is -2.41. The molecule has 1 aromatic carbocycles. The number of amides is 1. The fourth-order valence-corrected chi connectivity index (χ4v) is 3.17. The predicted molar refractivity (Wildman–Crippen MR) is 104 cm³/mol. The molecule has 0 aromatic heterocycles. The molecule has 0 aliphatic rings. The molecular formula is C18H25NO8S. The molecule has 0 radical (unpaired) electrons. The van der Waals surface area contributed by atoms with Crippen LogP contribution in [0.4, 0.5) is 0 Å². The molecule has 1 rings (SSSR count). The number of aliphatic carboxylic acids is 1. The highest BCUT2D eigenvalue weighted by Gasteiger charge is 2.21. The van der Waals surface area contributed by atoms with Gasteiger partial charge in [-0.05, 0) is 30.2 Å². The highest BCUT2D eigenvalue weighted by atomic mass is 32.2. The zero-order valence-electron chi connectivity index (χ0n) is 16.2. The molecule has 2 N–H and O–H groups in total. The first kappa shape index (κ1) is 23.3. The summed E-state index contributed by atoms with van der Waals surface area (Å²) in [5.74, 6) is -1.19. The number of carbonyl (C=O) groups is 2. The molecule has 0 heterocycles. The lowest BCUT2D eigenvalue weighted by molar-refractivity contribution is -0.141. The summed E-state index contributed by atoms with van der Waals surface area (Å²) in [4.78, 5) is 23.3. The van der Waals surface area contributed by atoms with E-state index in [0.717, 1.165) is 6.08 Å². The fourth-order valence-electron chi connectivity index (χ4n) is 2.29. The first-order valence-corrected chi connectivity index (χ1v) is 10.2. The Hall–Kier alpha value is -2.75. The van der Waals surface area contributed by atoms with E-state index < -0.39 is 27.8 Å². The summed E-state index contributed by atoms with van der Waals surface area (Å²) >= 11 is 0. The van der Waals surface area contributed by atoms with Gasteiger partial charge in [0.25, 0.3) is 0 Å². The van der Waals surface area contributed by atoms with Crippen LogP contribution in [0.1, 0.15) is 18.9 Å². The number of hydrogen-bond donors (Lipinski definition) is 2. The summed E-state index contributed by atoms with van der Waals surface area (Å²) < 4.78 is 38.7. The maximum Gasteiger partial charge on any atom is 0.326 e. The minimum atomic E-state index is -3.33. The normalized spacial score (nSPS) is 12.4. The largest absolute Gasteiger partial charge is 0.493 e. The van der Waals surface area contributed by atoms with Crippen molar-refractivity contribution in [1.82, 2.24) is 5.32 Å². The number of methoxy groups -OCH3 is 3. The minimum Gasteiger partial charge on any atom is -0.493 e. The van der Waals surface area contributed by atoms with Gasteiger partial charge in [-0.15, -0.1) is 0 Å². The topological polar surface area (TPSA) is 128 Å². The molecular weight excluding hydrogens is 390 g/mol. The van der Waals surface area contributed by atoms with Crippen LogP contribution in [0.25, 0.3) is 6.08 Å². The lowest BCUT2D eigenvalue weighted by atomic mass is 10.1. The molecule has 1 unspecified atom stereocenters. The molecule has 1 amide bonds. The van der Waals surface area contributed by atoms with Gasteiger partial charge in [-0.2, -0.15) is 0 Å². The Morgan fingerprint density at radius 1 is 1.14 bits per heavy atom. The van der Waals surface area contributed by atoms with E-state index in [9.17, 15) is 23.1 Å². The first-order chi connectivity index (χ1) is 13.2. The van der Waals surface area contributed by atoms with Gasteiger partial charge in [-0.25, -0.2) is 13.2 Å². The molecule has 0 aliphatic carbocycles. The molecule has 1 atom stereocenters. The van der Waals surface area contributed by atoms with Gasteiger partial charge in [0.1, 0.15) is 15.9 Å².